The van der Waals surface area contributed by atoms with Gasteiger partial charge in [-0.3, -0.25) is 0 Å². The van der Waals surface area contributed by atoms with E-state index in [1.54, 1.807) is 16.8 Å². The minimum Gasteiger partial charge on any atom is -0.390 e. The number of aliphatic hydroxyl groups excluding tert-OH is 1. The molecule has 0 spiro atoms. The highest BCUT2D eigenvalue weighted by Gasteiger charge is 2.16. The Morgan fingerprint density at radius 3 is 2.41 bits per heavy atom. The molecule has 3 aromatic rings. The summed E-state index contributed by atoms with van der Waals surface area (Å²) in [5.74, 6) is -0.306. The van der Waals surface area contributed by atoms with E-state index in [0.29, 0.717) is 11.4 Å². The van der Waals surface area contributed by atoms with Crippen LogP contribution >= 0.6 is 0 Å². The van der Waals surface area contributed by atoms with Gasteiger partial charge in [0.25, 0.3) is 0 Å². The van der Waals surface area contributed by atoms with Crippen LogP contribution in [0, 0.1) is 19.7 Å². The molecule has 5 heteroatoms. The maximum Gasteiger partial charge on any atom is 0.123 e. The molecule has 0 amide bonds. The van der Waals surface area contributed by atoms with Crippen molar-refractivity contribution in [3.8, 4) is 16.9 Å². The molecule has 0 atom stereocenters. The van der Waals surface area contributed by atoms with Crippen molar-refractivity contribution in [3.63, 3.8) is 0 Å². The van der Waals surface area contributed by atoms with Crippen LogP contribution in [0.25, 0.3) is 16.9 Å². The van der Waals surface area contributed by atoms with Crippen molar-refractivity contribution in [2.24, 2.45) is 0 Å². The van der Waals surface area contributed by atoms with E-state index in [2.05, 4.69) is 10.3 Å². The summed E-state index contributed by atoms with van der Waals surface area (Å²) < 4.78 is 14.8. The molecule has 112 valence electrons. The van der Waals surface area contributed by atoms with Crippen LogP contribution < -0.4 is 0 Å². The second kappa shape index (κ2) is 5.69. The first-order chi connectivity index (χ1) is 10.6. The fourth-order valence-electron chi connectivity index (χ4n) is 2.35. The lowest BCUT2D eigenvalue weighted by atomic mass is 10.1. The Labute approximate surface area is 127 Å². The van der Waals surface area contributed by atoms with E-state index in [1.807, 2.05) is 32.0 Å². The largest absolute Gasteiger partial charge is 0.390 e. The molecular formula is C17H16FN3O. The number of nitrogens with zero attached hydrogens (tertiary/aromatic N) is 3. The zero-order valence-corrected chi connectivity index (χ0v) is 12.4. The van der Waals surface area contributed by atoms with Crippen molar-refractivity contribution in [2.75, 3.05) is 0 Å². The second-order valence-electron chi connectivity index (χ2n) is 5.23. The topological polar surface area (TPSA) is 50.9 Å². The third-order valence-electron chi connectivity index (χ3n) is 3.74. The lowest BCUT2D eigenvalue weighted by Gasteiger charge is -2.10. The van der Waals surface area contributed by atoms with Gasteiger partial charge in [0.15, 0.2) is 0 Å². The lowest BCUT2D eigenvalue weighted by molar-refractivity contribution is 0.277. The molecule has 2 aromatic carbocycles. The number of aliphatic hydroxyl groups is 1. The maximum atomic E-state index is 13.1. The maximum absolute atomic E-state index is 13.1. The van der Waals surface area contributed by atoms with Crippen LogP contribution in [0.15, 0.2) is 42.5 Å². The predicted octanol–water partition coefficient (Wildman–Crippen LogP) is 3.18. The van der Waals surface area contributed by atoms with Gasteiger partial charge in [-0.1, -0.05) is 11.3 Å². The van der Waals surface area contributed by atoms with Crippen molar-refractivity contribution in [3.05, 3.63) is 65.1 Å². The summed E-state index contributed by atoms with van der Waals surface area (Å²) in [6.07, 6.45) is 0. The first-order valence-electron chi connectivity index (χ1n) is 6.99. The Morgan fingerprint density at radius 1 is 1.05 bits per heavy atom. The van der Waals surface area contributed by atoms with E-state index in [9.17, 15) is 9.50 Å². The molecule has 1 aromatic heterocycles. The number of aromatic nitrogens is 3. The summed E-state index contributed by atoms with van der Waals surface area (Å²) in [5.41, 5.74) is 5.08. The highest BCUT2D eigenvalue weighted by Crippen LogP contribution is 2.26. The number of aryl methyl sites for hydroxylation is 2. The fraction of sp³-hybridized carbons (Fsp3) is 0.176. The quantitative estimate of drug-likeness (QED) is 0.808. The van der Waals surface area contributed by atoms with Crippen LogP contribution in [0.4, 0.5) is 4.39 Å². The molecule has 0 saturated carbocycles. The van der Waals surface area contributed by atoms with Crippen molar-refractivity contribution in [1.82, 2.24) is 15.0 Å². The minimum absolute atomic E-state index is 0.225. The van der Waals surface area contributed by atoms with Gasteiger partial charge in [-0.05, 0) is 61.4 Å². The van der Waals surface area contributed by atoms with Gasteiger partial charge in [-0.25, -0.2) is 9.07 Å². The first-order valence-corrected chi connectivity index (χ1v) is 6.99. The summed E-state index contributed by atoms with van der Waals surface area (Å²) in [6.45, 7) is 3.85. The predicted molar refractivity (Wildman–Crippen MR) is 82.1 cm³/mol. The molecule has 0 radical (unpaired) electrons. The van der Waals surface area contributed by atoms with Crippen LogP contribution in [-0.4, -0.2) is 20.1 Å². The van der Waals surface area contributed by atoms with Gasteiger partial charge in [0, 0.05) is 5.56 Å². The van der Waals surface area contributed by atoms with Gasteiger partial charge >= 0.3 is 0 Å². The molecule has 0 aliphatic rings. The van der Waals surface area contributed by atoms with E-state index in [4.69, 9.17) is 0 Å². The monoisotopic (exact) mass is 297 g/mol. The van der Waals surface area contributed by atoms with Gasteiger partial charge in [0.2, 0.25) is 0 Å². The number of benzene rings is 2. The summed E-state index contributed by atoms with van der Waals surface area (Å²) in [7, 11) is 0. The molecule has 0 aliphatic carbocycles. The lowest BCUT2D eigenvalue weighted by Crippen LogP contribution is -2.01. The van der Waals surface area contributed by atoms with Crippen molar-refractivity contribution in [1.29, 1.82) is 0 Å². The Hall–Kier alpha value is -2.53. The van der Waals surface area contributed by atoms with E-state index in [0.717, 1.165) is 16.8 Å². The normalized spacial score (nSPS) is 10.9. The molecule has 4 nitrogen and oxygen atoms in total. The molecule has 22 heavy (non-hydrogen) atoms. The van der Waals surface area contributed by atoms with Gasteiger partial charge < -0.3 is 5.11 Å². The smallest absolute Gasteiger partial charge is 0.123 e. The highest BCUT2D eigenvalue weighted by atomic mass is 19.1. The fourth-order valence-corrected chi connectivity index (χ4v) is 2.35. The Balaban J connectivity index is 2.18. The Bertz CT molecular complexity index is 809. The third-order valence-corrected chi connectivity index (χ3v) is 3.74. The summed E-state index contributed by atoms with van der Waals surface area (Å²) in [6, 6.07) is 12.1. The van der Waals surface area contributed by atoms with Crippen LogP contribution in [0.1, 0.15) is 16.8 Å². The zero-order chi connectivity index (χ0) is 15.7. The molecule has 0 bridgehead atoms. The number of hydrogen-bond donors (Lipinski definition) is 1. The molecule has 1 heterocycles. The van der Waals surface area contributed by atoms with Gasteiger partial charge in [-0.2, -0.15) is 0 Å². The molecule has 0 saturated heterocycles. The number of hydrogen-bond acceptors (Lipinski definition) is 3. The average Bonchev–Trinajstić information content (AvgIpc) is 2.95. The number of halogens is 1. The summed E-state index contributed by atoms with van der Waals surface area (Å²) in [4.78, 5) is 0. The van der Waals surface area contributed by atoms with Crippen LogP contribution in [0.3, 0.4) is 0 Å². The van der Waals surface area contributed by atoms with Crippen molar-refractivity contribution >= 4 is 0 Å². The molecule has 0 unspecified atom stereocenters. The summed E-state index contributed by atoms with van der Waals surface area (Å²) in [5, 5.41) is 17.7. The molecule has 0 aliphatic heterocycles. The van der Waals surface area contributed by atoms with Gasteiger partial charge in [-0.15, -0.1) is 5.10 Å². The van der Waals surface area contributed by atoms with Crippen LogP contribution in [-0.2, 0) is 6.61 Å². The van der Waals surface area contributed by atoms with Gasteiger partial charge in [0.1, 0.15) is 17.2 Å². The van der Waals surface area contributed by atoms with E-state index < -0.39 is 0 Å². The van der Waals surface area contributed by atoms with Crippen molar-refractivity contribution in [2.45, 2.75) is 20.5 Å². The first kappa shape index (κ1) is 14.4. The zero-order valence-electron chi connectivity index (χ0n) is 12.4. The number of rotatable bonds is 3. The third kappa shape index (κ3) is 2.51. The van der Waals surface area contributed by atoms with Crippen LogP contribution in [0.2, 0.25) is 0 Å². The summed E-state index contributed by atoms with van der Waals surface area (Å²) >= 11 is 0. The second-order valence-corrected chi connectivity index (χ2v) is 5.23. The molecule has 0 fully saturated rings. The Morgan fingerprint density at radius 2 is 1.77 bits per heavy atom. The molecule has 1 N–H and O–H groups in total. The minimum atomic E-state index is -0.306. The van der Waals surface area contributed by atoms with Crippen molar-refractivity contribution < 1.29 is 9.50 Å². The SMILES string of the molecule is Cc1ccc(-n2nnc(CO)c2-c2ccc(F)cc2)cc1C. The van der Waals surface area contributed by atoms with E-state index in [-0.39, 0.29) is 12.4 Å². The van der Waals surface area contributed by atoms with E-state index in [1.165, 1.54) is 17.7 Å². The van der Waals surface area contributed by atoms with E-state index >= 15 is 0 Å². The standard InChI is InChI=1S/C17H16FN3O/c1-11-3-8-15(9-12(11)2)21-17(16(10-22)19-20-21)13-4-6-14(18)7-5-13/h3-9,22H,10H2,1-2H3. The van der Waals surface area contributed by atoms with Gasteiger partial charge in [0.05, 0.1) is 12.3 Å². The molecular weight excluding hydrogens is 281 g/mol. The molecule has 3 rings (SSSR count). The average molecular weight is 297 g/mol. The Kier molecular flexibility index (Phi) is 3.73. The highest BCUT2D eigenvalue weighted by molar-refractivity contribution is 5.64. The van der Waals surface area contributed by atoms with Crippen LogP contribution in [0.5, 0.6) is 0 Å².